The van der Waals surface area contributed by atoms with Crippen molar-refractivity contribution in [1.82, 2.24) is 0 Å². The van der Waals surface area contributed by atoms with E-state index in [2.05, 4.69) is 12.1 Å². The summed E-state index contributed by atoms with van der Waals surface area (Å²) in [6.07, 6.45) is 4.04. The smallest absolute Gasteiger partial charge is 0.307 e. The Bertz CT molecular complexity index is 379. The van der Waals surface area contributed by atoms with Crippen LogP contribution < -0.4 is 0 Å². The third-order valence-corrected chi connectivity index (χ3v) is 2.61. The molecule has 0 saturated carbocycles. The van der Waals surface area contributed by atoms with Gasteiger partial charge in [-0.25, -0.2) is 0 Å². The van der Waals surface area contributed by atoms with Gasteiger partial charge >= 0.3 is 5.97 Å². The first-order valence-corrected chi connectivity index (χ1v) is 5.21. The number of allylic oxidation sites excluding steroid dienone is 2. The minimum atomic E-state index is -0.232. The van der Waals surface area contributed by atoms with Gasteiger partial charge in [-0.1, -0.05) is 30.3 Å². The van der Waals surface area contributed by atoms with Gasteiger partial charge in [-0.15, -0.1) is 0 Å². The van der Waals surface area contributed by atoms with Crippen LogP contribution in [0.3, 0.4) is 0 Å². The number of carbonyl (C=O) groups is 1. The van der Waals surface area contributed by atoms with Gasteiger partial charge in [-0.3, -0.25) is 4.79 Å². The van der Waals surface area contributed by atoms with Crippen molar-refractivity contribution in [1.29, 1.82) is 0 Å². The van der Waals surface area contributed by atoms with E-state index in [1.54, 1.807) is 0 Å². The highest BCUT2D eigenvalue weighted by Gasteiger charge is 2.23. The molecule has 2 rings (SSSR count). The summed E-state index contributed by atoms with van der Waals surface area (Å²) in [6, 6.07) is 10.2. The summed E-state index contributed by atoms with van der Waals surface area (Å²) in [4.78, 5) is 10.9. The predicted molar refractivity (Wildman–Crippen MR) is 58.3 cm³/mol. The summed E-state index contributed by atoms with van der Waals surface area (Å²) in [6.45, 7) is 1.45. The lowest BCUT2D eigenvalue weighted by Crippen LogP contribution is -2.05. The number of rotatable bonds is 2. The summed E-state index contributed by atoms with van der Waals surface area (Å²) in [5, 5.41) is 0. The van der Waals surface area contributed by atoms with Gasteiger partial charge in [0.05, 0.1) is 0 Å². The Morgan fingerprint density at radius 3 is 2.73 bits per heavy atom. The summed E-state index contributed by atoms with van der Waals surface area (Å²) in [5.74, 6) is 0.841. The summed E-state index contributed by atoms with van der Waals surface area (Å²) >= 11 is 0. The first-order chi connectivity index (χ1) is 7.27. The summed E-state index contributed by atoms with van der Waals surface area (Å²) in [7, 11) is 0. The van der Waals surface area contributed by atoms with Crippen molar-refractivity contribution in [3.63, 3.8) is 0 Å². The predicted octanol–water partition coefficient (Wildman–Crippen LogP) is 3.01. The van der Waals surface area contributed by atoms with Crippen LogP contribution >= 0.6 is 0 Å². The molecule has 1 aromatic carbocycles. The molecule has 0 N–H and O–H groups in total. The fourth-order valence-electron chi connectivity index (χ4n) is 1.97. The van der Waals surface area contributed by atoms with E-state index in [-0.39, 0.29) is 11.9 Å². The van der Waals surface area contributed by atoms with Crippen LogP contribution in [0.2, 0.25) is 0 Å². The van der Waals surface area contributed by atoms with Crippen LogP contribution in [0.1, 0.15) is 31.2 Å². The zero-order valence-electron chi connectivity index (χ0n) is 8.77. The highest BCUT2D eigenvalue weighted by Crippen LogP contribution is 2.35. The number of esters is 1. The van der Waals surface area contributed by atoms with Crippen LogP contribution in [0.4, 0.5) is 0 Å². The summed E-state index contributed by atoms with van der Waals surface area (Å²) < 4.78 is 5.20. The molecule has 1 aliphatic rings. The molecule has 2 heteroatoms. The van der Waals surface area contributed by atoms with Crippen molar-refractivity contribution in [3.05, 3.63) is 47.7 Å². The zero-order valence-corrected chi connectivity index (χ0v) is 8.77. The van der Waals surface area contributed by atoms with Gasteiger partial charge in [-0.2, -0.15) is 0 Å². The molecule has 0 radical (unpaired) electrons. The van der Waals surface area contributed by atoms with Crippen molar-refractivity contribution in [2.75, 3.05) is 0 Å². The topological polar surface area (TPSA) is 26.3 Å². The molecule has 0 fully saturated rings. The van der Waals surface area contributed by atoms with Crippen molar-refractivity contribution in [2.24, 2.45) is 0 Å². The standard InChI is InChI=1S/C13H14O2/c1-10(14)15-13-9-5-8-12(13)11-6-3-2-4-7-11/h2-4,6-7,9,12H,5,8H2,1H3. The lowest BCUT2D eigenvalue weighted by molar-refractivity contribution is -0.137. The molecule has 0 heterocycles. The second kappa shape index (κ2) is 4.30. The maximum Gasteiger partial charge on any atom is 0.307 e. The first kappa shape index (κ1) is 9.97. The molecule has 0 bridgehead atoms. The zero-order chi connectivity index (χ0) is 10.7. The van der Waals surface area contributed by atoms with Crippen LogP contribution in [-0.2, 0) is 9.53 Å². The van der Waals surface area contributed by atoms with E-state index in [0.717, 1.165) is 18.6 Å². The molecule has 0 spiro atoms. The normalized spacial score (nSPS) is 19.8. The Balaban J connectivity index is 2.17. The maximum absolute atomic E-state index is 10.9. The average molecular weight is 202 g/mol. The van der Waals surface area contributed by atoms with E-state index in [4.69, 9.17) is 4.74 Å². The van der Waals surface area contributed by atoms with Crippen LogP contribution in [0.15, 0.2) is 42.2 Å². The van der Waals surface area contributed by atoms with E-state index in [1.165, 1.54) is 12.5 Å². The van der Waals surface area contributed by atoms with Crippen molar-refractivity contribution >= 4 is 5.97 Å². The second-order valence-electron chi connectivity index (χ2n) is 3.74. The Hall–Kier alpha value is -1.57. The molecule has 2 nitrogen and oxygen atoms in total. The monoisotopic (exact) mass is 202 g/mol. The minimum Gasteiger partial charge on any atom is -0.431 e. The third kappa shape index (κ3) is 2.27. The Morgan fingerprint density at radius 2 is 2.07 bits per heavy atom. The average Bonchev–Trinajstić information content (AvgIpc) is 2.66. The lowest BCUT2D eigenvalue weighted by atomic mass is 9.97. The highest BCUT2D eigenvalue weighted by molar-refractivity contribution is 5.67. The molecule has 78 valence electrons. The number of benzene rings is 1. The molecule has 1 atom stereocenters. The van der Waals surface area contributed by atoms with Crippen LogP contribution in [0.25, 0.3) is 0 Å². The van der Waals surface area contributed by atoms with Crippen LogP contribution in [0.5, 0.6) is 0 Å². The molecule has 0 aliphatic heterocycles. The van der Waals surface area contributed by atoms with Crippen molar-refractivity contribution in [2.45, 2.75) is 25.7 Å². The van der Waals surface area contributed by atoms with Crippen molar-refractivity contribution < 1.29 is 9.53 Å². The molecule has 15 heavy (non-hydrogen) atoms. The Morgan fingerprint density at radius 1 is 1.33 bits per heavy atom. The molecule has 0 aromatic heterocycles. The SMILES string of the molecule is CC(=O)OC1=CCCC1c1ccccc1. The Kier molecular flexibility index (Phi) is 2.86. The molecule has 1 aromatic rings. The molecule has 1 unspecified atom stereocenters. The third-order valence-electron chi connectivity index (χ3n) is 2.61. The van der Waals surface area contributed by atoms with E-state index in [1.807, 2.05) is 24.3 Å². The van der Waals surface area contributed by atoms with Crippen LogP contribution in [0, 0.1) is 0 Å². The number of hydrogen-bond acceptors (Lipinski definition) is 2. The van der Waals surface area contributed by atoms with Crippen LogP contribution in [-0.4, -0.2) is 5.97 Å². The van der Waals surface area contributed by atoms with Gasteiger partial charge < -0.3 is 4.74 Å². The molecule has 1 aliphatic carbocycles. The first-order valence-electron chi connectivity index (χ1n) is 5.21. The van der Waals surface area contributed by atoms with E-state index in [0.29, 0.717) is 0 Å². The van der Waals surface area contributed by atoms with Gasteiger partial charge in [0.15, 0.2) is 0 Å². The molecular formula is C13H14O2. The van der Waals surface area contributed by atoms with Gasteiger partial charge in [0, 0.05) is 12.8 Å². The fraction of sp³-hybridized carbons (Fsp3) is 0.308. The van der Waals surface area contributed by atoms with Gasteiger partial charge in [0.1, 0.15) is 5.76 Å². The fourth-order valence-corrected chi connectivity index (χ4v) is 1.97. The molecular weight excluding hydrogens is 188 g/mol. The summed E-state index contributed by atoms with van der Waals surface area (Å²) in [5.41, 5.74) is 1.22. The van der Waals surface area contributed by atoms with Gasteiger partial charge in [-0.05, 0) is 24.5 Å². The van der Waals surface area contributed by atoms with E-state index >= 15 is 0 Å². The van der Waals surface area contributed by atoms with E-state index in [9.17, 15) is 4.79 Å². The van der Waals surface area contributed by atoms with E-state index < -0.39 is 0 Å². The number of carbonyl (C=O) groups excluding carboxylic acids is 1. The molecule has 0 saturated heterocycles. The maximum atomic E-state index is 10.9. The highest BCUT2D eigenvalue weighted by atomic mass is 16.5. The largest absolute Gasteiger partial charge is 0.431 e. The van der Waals surface area contributed by atoms with Gasteiger partial charge in [0.25, 0.3) is 0 Å². The van der Waals surface area contributed by atoms with Crippen molar-refractivity contribution in [3.8, 4) is 0 Å². The quantitative estimate of drug-likeness (QED) is 0.689. The minimum absolute atomic E-state index is 0.232. The number of hydrogen-bond donors (Lipinski definition) is 0. The molecule has 0 amide bonds. The van der Waals surface area contributed by atoms with Gasteiger partial charge in [0.2, 0.25) is 0 Å². The Labute approximate surface area is 89.6 Å². The number of ether oxygens (including phenoxy) is 1. The second-order valence-corrected chi connectivity index (χ2v) is 3.74. The lowest BCUT2D eigenvalue weighted by Gasteiger charge is -2.14.